The fourth-order valence-corrected chi connectivity index (χ4v) is 3.37. The van der Waals surface area contributed by atoms with Crippen LogP contribution in [0.2, 0.25) is 5.15 Å². The third-order valence-electron chi connectivity index (χ3n) is 3.37. The summed E-state index contributed by atoms with van der Waals surface area (Å²) in [5, 5.41) is 15.9. The lowest BCUT2D eigenvalue weighted by Gasteiger charge is -2.06. The number of pyridine rings is 1. The largest absolute Gasteiger partial charge is 0.389 e. The van der Waals surface area contributed by atoms with Crippen LogP contribution in [-0.4, -0.2) is 42.8 Å². The van der Waals surface area contributed by atoms with Crippen LogP contribution in [-0.2, 0) is 15.6 Å². The highest BCUT2D eigenvalue weighted by Crippen LogP contribution is 2.22. The lowest BCUT2D eigenvalue weighted by molar-refractivity contribution is -0.904. The van der Waals surface area contributed by atoms with Crippen molar-refractivity contribution in [2.75, 3.05) is 16.8 Å². The van der Waals surface area contributed by atoms with E-state index in [0.717, 1.165) is 4.73 Å². The molecule has 1 atom stereocenters. The zero-order valence-electron chi connectivity index (χ0n) is 13.9. The number of nitrogens with zero attached hydrogens (tertiary/aromatic N) is 3. The Labute approximate surface area is 160 Å². The number of rotatable bonds is 8. The van der Waals surface area contributed by atoms with Gasteiger partial charge in [-0.3, -0.25) is 14.2 Å². The van der Waals surface area contributed by atoms with Gasteiger partial charge in [0.05, 0.1) is 11.9 Å². The van der Waals surface area contributed by atoms with Gasteiger partial charge in [0.15, 0.2) is 5.15 Å². The summed E-state index contributed by atoms with van der Waals surface area (Å²) in [6.45, 7) is 0. The summed E-state index contributed by atoms with van der Waals surface area (Å²) in [7, 11) is -1.51. The van der Waals surface area contributed by atoms with Crippen LogP contribution in [0.4, 0.5) is 18.9 Å². The Kier molecular flexibility index (Phi) is 7.19. The van der Waals surface area contributed by atoms with E-state index < -0.39 is 29.3 Å². The molecule has 2 rings (SSSR count). The van der Waals surface area contributed by atoms with Crippen molar-refractivity contribution in [1.82, 2.24) is 9.78 Å². The van der Waals surface area contributed by atoms with Crippen molar-refractivity contribution in [2.24, 2.45) is 0 Å². The van der Waals surface area contributed by atoms with Crippen molar-refractivity contribution in [2.45, 2.75) is 25.4 Å². The Balaban J connectivity index is 1.85. The first-order valence-corrected chi connectivity index (χ1v) is 9.68. The van der Waals surface area contributed by atoms with Crippen LogP contribution >= 0.6 is 11.6 Å². The SMILES string of the molecule is O=C(CCS(=O)CCCC(F)(F)F)Nc1cn(-c2ccc[n+](O)c2)nc1Cl. The Morgan fingerprint density at radius 3 is 2.81 bits per heavy atom. The van der Waals surface area contributed by atoms with Gasteiger partial charge in [-0.15, -0.1) is 0 Å². The van der Waals surface area contributed by atoms with Crippen LogP contribution in [0, 0.1) is 0 Å². The van der Waals surface area contributed by atoms with E-state index in [1.165, 1.54) is 23.3 Å². The normalized spacial score (nSPS) is 12.7. The van der Waals surface area contributed by atoms with Gasteiger partial charge in [0.25, 0.3) is 0 Å². The third-order valence-corrected chi connectivity index (χ3v) is 5.05. The minimum Gasteiger partial charge on any atom is -0.322 e. The fraction of sp³-hybridized carbons (Fsp3) is 0.400. The highest BCUT2D eigenvalue weighted by Gasteiger charge is 2.26. The number of alkyl halides is 3. The molecule has 0 aliphatic heterocycles. The van der Waals surface area contributed by atoms with Crippen LogP contribution in [0.1, 0.15) is 19.3 Å². The molecule has 0 radical (unpaired) electrons. The highest BCUT2D eigenvalue weighted by molar-refractivity contribution is 7.84. The summed E-state index contributed by atoms with van der Waals surface area (Å²) in [6.07, 6.45) is -1.40. The maximum absolute atomic E-state index is 12.0. The lowest BCUT2D eigenvalue weighted by atomic mass is 10.3. The molecule has 0 bridgehead atoms. The van der Waals surface area contributed by atoms with E-state index in [-0.39, 0.29) is 35.2 Å². The predicted molar refractivity (Wildman–Crippen MR) is 92.4 cm³/mol. The van der Waals surface area contributed by atoms with Gasteiger partial charge in [-0.1, -0.05) is 11.6 Å². The molecule has 0 spiro atoms. The number of carbonyl (C=O) groups is 1. The van der Waals surface area contributed by atoms with Crippen molar-refractivity contribution in [3.8, 4) is 5.69 Å². The number of aromatic nitrogens is 3. The van der Waals surface area contributed by atoms with E-state index in [1.807, 2.05) is 0 Å². The predicted octanol–water partition coefficient (Wildman–Crippen LogP) is 2.47. The summed E-state index contributed by atoms with van der Waals surface area (Å²) in [5.74, 6) is -0.634. The Morgan fingerprint density at radius 1 is 1.41 bits per heavy atom. The van der Waals surface area contributed by atoms with Crippen molar-refractivity contribution in [1.29, 1.82) is 0 Å². The first kappa shape index (κ1) is 21.2. The Morgan fingerprint density at radius 2 is 2.15 bits per heavy atom. The van der Waals surface area contributed by atoms with Gasteiger partial charge in [0, 0.05) is 45.9 Å². The molecule has 2 aromatic rings. The average molecular weight is 426 g/mol. The second-order valence-electron chi connectivity index (χ2n) is 5.59. The molecule has 2 aromatic heterocycles. The monoisotopic (exact) mass is 425 g/mol. The molecule has 0 fully saturated rings. The average Bonchev–Trinajstić information content (AvgIpc) is 2.93. The van der Waals surface area contributed by atoms with Crippen LogP contribution < -0.4 is 10.0 Å². The summed E-state index contributed by atoms with van der Waals surface area (Å²) >= 11 is 5.97. The van der Waals surface area contributed by atoms with E-state index in [9.17, 15) is 27.4 Å². The smallest absolute Gasteiger partial charge is 0.322 e. The van der Waals surface area contributed by atoms with Gasteiger partial charge >= 0.3 is 6.18 Å². The fourth-order valence-electron chi connectivity index (χ4n) is 2.11. The van der Waals surface area contributed by atoms with Gasteiger partial charge < -0.3 is 5.32 Å². The van der Waals surface area contributed by atoms with E-state index in [4.69, 9.17) is 11.6 Å². The molecule has 0 aliphatic rings. The van der Waals surface area contributed by atoms with Crippen LogP contribution in [0.25, 0.3) is 5.69 Å². The summed E-state index contributed by atoms with van der Waals surface area (Å²) in [6, 6.07) is 3.24. The number of nitrogens with one attached hydrogen (secondary N) is 1. The maximum atomic E-state index is 12.0. The van der Waals surface area contributed by atoms with E-state index in [2.05, 4.69) is 10.4 Å². The molecule has 1 amide bonds. The molecule has 0 aliphatic carbocycles. The number of amides is 1. The van der Waals surface area contributed by atoms with Crippen molar-refractivity contribution in [3.63, 3.8) is 0 Å². The highest BCUT2D eigenvalue weighted by atomic mass is 35.5. The van der Waals surface area contributed by atoms with Crippen LogP contribution in [0.15, 0.2) is 30.7 Å². The van der Waals surface area contributed by atoms with E-state index >= 15 is 0 Å². The van der Waals surface area contributed by atoms with Gasteiger partial charge in [-0.05, 0) is 12.5 Å². The van der Waals surface area contributed by atoms with Gasteiger partial charge in [0.1, 0.15) is 5.69 Å². The minimum absolute atomic E-state index is 0.0167. The molecular formula is C15H17ClF3N4O3S+. The van der Waals surface area contributed by atoms with Crippen LogP contribution in [0.3, 0.4) is 0 Å². The third kappa shape index (κ3) is 7.18. The molecule has 27 heavy (non-hydrogen) atoms. The summed E-state index contributed by atoms with van der Waals surface area (Å²) in [4.78, 5) is 11.9. The molecule has 2 N–H and O–H groups in total. The first-order chi connectivity index (χ1) is 12.6. The van der Waals surface area contributed by atoms with E-state index in [0.29, 0.717) is 5.69 Å². The molecule has 0 saturated carbocycles. The molecule has 148 valence electrons. The number of hydrogen-bond donors (Lipinski definition) is 2. The summed E-state index contributed by atoms with van der Waals surface area (Å²) < 4.78 is 50.0. The van der Waals surface area contributed by atoms with Gasteiger partial charge in [0.2, 0.25) is 18.3 Å². The summed E-state index contributed by atoms with van der Waals surface area (Å²) in [5.41, 5.74) is 0.714. The van der Waals surface area contributed by atoms with Crippen molar-refractivity contribution < 1.29 is 32.1 Å². The zero-order valence-corrected chi connectivity index (χ0v) is 15.5. The number of carbonyl (C=O) groups excluding carboxylic acids is 1. The lowest BCUT2D eigenvalue weighted by Crippen LogP contribution is -2.29. The van der Waals surface area contributed by atoms with Crippen molar-refractivity contribution in [3.05, 3.63) is 35.9 Å². The van der Waals surface area contributed by atoms with E-state index in [1.54, 1.807) is 12.1 Å². The zero-order chi connectivity index (χ0) is 20.0. The molecular weight excluding hydrogens is 409 g/mol. The quantitative estimate of drug-likeness (QED) is 0.502. The number of hydrogen-bond acceptors (Lipinski definition) is 4. The topological polar surface area (TPSA) is 88.1 Å². The second kappa shape index (κ2) is 9.18. The molecule has 0 aromatic carbocycles. The molecule has 12 heteroatoms. The number of halogens is 4. The molecule has 2 heterocycles. The molecule has 7 nitrogen and oxygen atoms in total. The Hall–Kier alpha value is -2.14. The standard InChI is InChI=1S/C15H16ClF3N4O3S/c16-14-12(10-23(21-14)11-3-1-6-22(25)9-11)20-13(24)4-8-27(26)7-2-5-15(17,18)19/h1,3,6,9-10H,2,4-5,7-8H2,(H-,20,24,25)/p+1. The van der Waals surface area contributed by atoms with Crippen LogP contribution in [0.5, 0.6) is 0 Å². The molecule has 1 unspecified atom stereocenters. The maximum Gasteiger partial charge on any atom is 0.389 e. The second-order valence-corrected chi connectivity index (χ2v) is 7.64. The van der Waals surface area contributed by atoms with Crippen molar-refractivity contribution >= 4 is 34.0 Å². The number of anilines is 1. The molecule has 0 saturated heterocycles. The Bertz CT molecular complexity index is 829. The van der Waals surface area contributed by atoms with Gasteiger partial charge in [-0.25, -0.2) is 4.68 Å². The first-order valence-electron chi connectivity index (χ1n) is 7.82. The minimum atomic E-state index is -4.27. The van der Waals surface area contributed by atoms with Gasteiger partial charge in [-0.2, -0.15) is 18.3 Å².